The predicted molar refractivity (Wildman–Crippen MR) is 61.0 cm³/mol. The number of hydrogen-bond donors (Lipinski definition) is 0. The van der Waals surface area contributed by atoms with Gasteiger partial charge >= 0.3 is 5.97 Å². The van der Waals surface area contributed by atoms with Crippen molar-refractivity contribution in [3.8, 4) is 0 Å². The van der Waals surface area contributed by atoms with Crippen LogP contribution in [0.1, 0.15) is 46.5 Å². The maximum Gasteiger partial charge on any atom is 0.340 e. The highest BCUT2D eigenvalue weighted by Crippen LogP contribution is 2.61. The van der Waals surface area contributed by atoms with E-state index in [9.17, 15) is 4.79 Å². The number of esters is 1. The number of carbonyl (C=O) groups excluding carboxylic acids is 1. The Bertz CT molecular complexity index is 300. The summed E-state index contributed by atoms with van der Waals surface area (Å²) in [6, 6.07) is 0. The molecule has 0 bridgehead atoms. The van der Waals surface area contributed by atoms with Gasteiger partial charge in [-0.2, -0.15) is 0 Å². The Morgan fingerprint density at radius 3 is 2.69 bits per heavy atom. The summed E-state index contributed by atoms with van der Waals surface area (Å²) >= 11 is 0. The van der Waals surface area contributed by atoms with Gasteiger partial charge in [-0.05, 0) is 31.6 Å². The summed E-state index contributed by atoms with van der Waals surface area (Å²) in [6.07, 6.45) is 4.59. The van der Waals surface area contributed by atoms with Crippen LogP contribution in [0.3, 0.4) is 0 Å². The molecule has 0 radical (unpaired) electrons. The topological polar surface area (TPSA) is 38.8 Å². The zero-order valence-corrected chi connectivity index (χ0v) is 10.7. The second-order valence-electron chi connectivity index (χ2n) is 5.61. The lowest BCUT2D eigenvalue weighted by Crippen LogP contribution is -2.42. The van der Waals surface area contributed by atoms with Gasteiger partial charge in [0.2, 0.25) is 0 Å². The van der Waals surface area contributed by atoms with E-state index in [-0.39, 0.29) is 11.6 Å². The third-order valence-corrected chi connectivity index (χ3v) is 4.44. The highest BCUT2D eigenvalue weighted by atomic mass is 16.7. The Hall–Kier alpha value is -0.570. The van der Waals surface area contributed by atoms with Crippen molar-refractivity contribution < 1.29 is 14.3 Å². The Kier molecular flexibility index (Phi) is 2.77. The lowest BCUT2D eigenvalue weighted by molar-refractivity contribution is -0.146. The van der Waals surface area contributed by atoms with Gasteiger partial charge < -0.3 is 9.47 Å². The lowest BCUT2D eigenvalue weighted by Gasteiger charge is -2.33. The molecule has 3 nitrogen and oxygen atoms in total. The van der Waals surface area contributed by atoms with Gasteiger partial charge in [0.05, 0.1) is 7.11 Å². The number of rotatable bonds is 2. The molecule has 1 saturated heterocycles. The number of hydrogen-bond acceptors (Lipinski definition) is 3. The van der Waals surface area contributed by atoms with Crippen LogP contribution < -0.4 is 0 Å². The zero-order valence-electron chi connectivity index (χ0n) is 10.7. The molecule has 3 unspecified atom stereocenters. The van der Waals surface area contributed by atoms with E-state index in [1.807, 2.05) is 6.92 Å². The predicted octanol–water partition coefficient (Wildman–Crippen LogP) is 2.53. The van der Waals surface area contributed by atoms with Gasteiger partial charge in [0, 0.05) is 0 Å². The second-order valence-corrected chi connectivity index (χ2v) is 5.61. The van der Waals surface area contributed by atoms with Gasteiger partial charge in [0.15, 0.2) is 5.60 Å². The van der Waals surface area contributed by atoms with Crippen molar-refractivity contribution in [3.05, 3.63) is 0 Å². The SMILES string of the molecule is COC(=O)C1(C)OC12CCCCC2C(C)C. The normalized spacial score (nSPS) is 42.4. The number of methoxy groups -OCH3 is 1. The average Bonchev–Trinajstić information content (AvgIpc) is 2.84. The molecular weight excluding hydrogens is 204 g/mol. The van der Waals surface area contributed by atoms with Crippen LogP contribution >= 0.6 is 0 Å². The maximum atomic E-state index is 11.8. The number of ether oxygens (including phenoxy) is 2. The molecule has 2 rings (SSSR count). The second kappa shape index (κ2) is 3.73. The molecule has 0 aromatic carbocycles. The van der Waals surface area contributed by atoms with Gasteiger partial charge in [-0.25, -0.2) is 4.79 Å². The Morgan fingerprint density at radius 1 is 1.44 bits per heavy atom. The first-order chi connectivity index (χ1) is 7.48. The molecule has 1 spiro atoms. The summed E-state index contributed by atoms with van der Waals surface area (Å²) in [6.45, 7) is 6.33. The molecule has 0 aromatic rings. The van der Waals surface area contributed by atoms with E-state index in [4.69, 9.17) is 9.47 Å². The van der Waals surface area contributed by atoms with Crippen molar-refractivity contribution in [2.75, 3.05) is 7.11 Å². The third-order valence-electron chi connectivity index (χ3n) is 4.44. The van der Waals surface area contributed by atoms with Crippen LogP contribution in [0.25, 0.3) is 0 Å². The molecule has 2 aliphatic rings. The highest BCUT2D eigenvalue weighted by Gasteiger charge is 2.75. The fourth-order valence-electron chi connectivity index (χ4n) is 3.51. The molecule has 1 aliphatic heterocycles. The molecule has 3 heteroatoms. The summed E-state index contributed by atoms with van der Waals surface area (Å²) < 4.78 is 10.8. The first-order valence-electron chi connectivity index (χ1n) is 6.26. The average molecular weight is 226 g/mol. The van der Waals surface area contributed by atoms with Crippen LogP contribution in [-0.2, 0) is 14.3 Å². The number of carbonyl (C=O) groups is 1. The van der Waals surface area contributed by atoms with E-state index in [1.54, 1.807) is 0 Å². The molecule has 1 aliphatic carbocycles. The van der Waals surface area contributed by atoms with Crippen LogP contribution in [0.2, 0.25) is 0 Å². The first-order valence-corrected chi connectivity index (χ1v) is 6.26. The largest absolute Gasteiger partial charge is 0.467 e. The van der Waals surface area contributed by atoms with Gasteiger partial charge in [-0.3, -0.25) is 0 Å². The van der Waals surface area contributed by atoms with Crippen LogP contribution in [0.4, 0.5) is 0 Å². The standard InChI is InChI=1S/C13H22O3/c1-9(2)10-7-5-6-8-13(10)12(3,16-13)11(14)15-4/h9-10H,5-8H2,1-4H3. The Balaban J connectivity index is 2.22. The van der Waals surface area contributed by atoms with Gasteiger partial charge in [0.1, 0.15) is 5.60 Å². The van der Waals surface area contributed by atoms with Crippen molar-refractivity contribution >= 4 is 5.97 Å². The highest BCUT2D eigenvalue weighted by molar-refractivity contribution is 5.84. The van der Waals surface area contributed by atoms with Crippen molar-refractivity contribution in [1.82, 2.24) is 0 Å². The van der Waals surface area contributed by atoms with Crippen LogP contribution in [0.5, 0.6) is 0 Å². The lowest BCUT2D eigenvalue weighted by atomic mass is 9.68. The molecule has 16 heavy (non-hydrogen) atoms. The van der Waals surface area contributed by atoms with Crippen LogP contribution in [0, 0.1) is 11.8 Å². The number of epoxide rings is 1. The first kappa shape index (κ1) is 11.9. The molecule has 1 heterocycles. The molecule has 3 atom stereocenters. The van der Waals surface area contributed by atoms with Gasteiger partial charge in [0.25, 0.3) is 0 Å². The summed E-state index contributed by atoms with van der Waals surface area (Å²) in [5, 5.41) is 0. The minimum Gasteiger partial charge on any atom is -0.467 e. The summed E-state index contributed by atoms with van der Waals surface area (Å²) in [4.78, 5) is 11.8. The Labute approximate surface area is 97.5 Å². The van der Waals surface area contributed by atoms with Crippen molar-refractivity contribution in [2.24, 2.45) is 11.8 Å². The molecule has 0 amide bonds. The van der Waals surface area contributed by atoms with Crippen LogP contribution in [-0.4, -0.2) is 24.3 Å². The molecule has 0 aromatic heterocycles. The minimum atomic E-state index is -0.683. The Morgan fingerprint density at radius 2 is 2.12 bits per heavy atom. The summed E-state index contributed by atoms with van der Waals surface area (Å²) in [5.74, 6) is 0.845. The molecular formula is C13H22O3. The van der Waals surface area contributed by atoms with E-state index >= 15 is 0 Å². The van der Waals surface area contributed by atoms with E-state index in [0.29, 0.717) is 11.8 Å². The fraction of sp³-hybridized carbons (Fsp3) is 0.923. The third kappa shape index (κ3) is 1.41. The molecule has 2 fully saturated rings. The summed E-state index contributed by atoms with van der Waals surface area (Å²) in [7, 11) is 1.44. The molecule has 0 N–H and O–H groups in total. The van der Waals surface area contributed by atoms with Gasteiger partial charge in [-0.1, -0.05) is 26.7 Å². The monoisotopic (exact) mass is 226 g/mol. The summed E-state index contributed by atoms with van der Waals surface area (Å²) in [5.41, 5.74) is -0.913. The van der Waals surface area contributed by atoms with E-state index in [1.165, 1.54) is 20.0 Å². The van der Waals surface area contributed by atoms with Crippen molar-refractivity contribution in [2.45, 2.75) is 57.7 Å². The molecule has 92 valence electrons. The van der Waals surface area contributed by atoms with E-state index < -0.39 is 5.60 Å². The van der Waals surface area contributed by atoms with Crippen LogP contribution in [0.15, 0.2) is 0 Å². The van der Waals surface area contributed by atoms with Crippen molar-refractivity contribution in [3.63, 3.8) is 0 Å². The van der Waals surface area contributed by atoms with Gasteiger partial charge in [-0.15, -0.1) is 0 Å². The smallest absolute Gasteiger partial charge is 0.340 e. The molecule has 1 saturated carbocycles. The fourth-order valence-corrected chi connectivity index (χ4v) is 3.51. The quantitative estimate of drug-likeness (QED) is 0.536. The van der Waals surface area contributed by atoms with E-state index in [0.717, 1.165) is 12.8 Å². The minimum absolute atomic E-state index is 0.208. The maximum absolute atomic E-state index is 11.8. The zero-order chi connectivity index (χ0) is 12.0. The van der Waals surface area contributed by atoms with E-state index in [2.05, 4.69) is 13.8 Å². The van der Waals surface area contributed by atoms with Crippen molar-refractivity contribution in [1.29, 1.82) is 0 Å².